The van der Waals surface area contributed by atoms with E-state index in [0.717, 1.165) is 16.7 Å². The molecule has 0 aliphatic rings. The van der Waals surface area contributed by atoms with Crippen LogP contribution < -0.4 is 14.2 Å². The molecule has 0 atom stereocenters. The molecule has 136 valence electrons. The van der Waals surface area contributed by atoms with E-state index in [1.165, 1.54) is 0 Å². The van der Waals surface area contributed by atoms with Crippen molar-refractivity contribution < 1.29 is 14.2 Å². The van der Waals surface area contributed by atoms with Gasteiger partial charge in [-0.15, -0.1) is 0 Å². The van der Waals surface area contributed by atoms with Gasteiger partial charge in [-0.25, -0.2) is 4.98 Å². The molecule has 0 saturated carbocycles. The van der Waals surface area contributed by atoms with Gasteiger partial charge < -0.3 is 14.2 Å². The van der Waals surface area contributed by atoms with Gasteiger partial charge in [0, 0.05) is 10.9 Å². The molecule has 3 aromatic rings. The van der Waals surface area contributed by atoms with Gasteiger partial charge in [0.1, 0.15) is 10.9 Å². The molecule has 1 heterocycles. The predicted molar refractivity (Wildman–Crippen MR) is 106 cm³/mol. The molecule has 0 spiro atoms. The molecule has 0 bridgehead atoms. The first kappa shape index (κ1) is 18.6. The van der Waals surface area contributed by atoms with Gasteiger partial charge in [-0.2, -0.15) is 5.26 Å². The number of nitrogens with zero attached hydrogens (tertiary/aromatic N) is 2. The fourth-order valence-corrected chi connectivity index (χ4v) is 2.92. The number of fused-ring (bicyclic) bond motifs is 1. The Hall–Kier alpha value is -3.23. The fourth-order valence-electron chi connectivity index (χ4n) is 2.72. The second-order valence-corrected chi connectivity index (χ2v) is 6.02. The van der Waals surface area contributed by atoms with E-state index in [1.54, 1.807) is 45.6 Å². The van der Waals surface area contributed by atoms with E-state index in [9.17, 15) is 5.26 Å². The average molecular weight is 381 g/mol. The molecular formula is C21H17ClN2O3. The lowest BCUT2D eigenvalue weighted by molar-refractivity contribution is 0.355. The molecule has 0 aliphatic heterocycles. The highest BCUT2D eigenvalue weighted by molar-refractivity contribution is 6.31. The monoisotopic (exact) mass is 380 g/mol. The van der Waals surface area contributed by atoms with E-state index < -0.39 is 0 Å². The number of rotatable bonds is 5. The van der Waals surface area contributed by atoms with Gasteiger partial charge in [-0.05, 0) is 54.1 Å². The van der Waals surface area contributed by atoms with Crippen LogP contribution in [0.5, 0.6) is 17.2 Å². The van der Waals surface area contributed by atoms with Crippen LogP contribution in [0.25, 0.3) is 22.6 Å². The molecule has 0 N–H and O–H groups in total. The molecule has 0 unspecified atom stereocenters. The van der Waals surface area contributed by atoms with Crippen molar-refractivity contribution in [3.05, 3.63) is 58.7 Å². The normalized spacial score (nSPS) is 11.1. The molecule has 0 aliphatic carbocycles. The highest BCUT2D eigenvalue weighted by Crippen LogP contribution is 2.32. The molecule has 6 heteroatoms. The van der Waals surface area contributed by atoms with E-state index in [4.69, 9.17) is 25.8 Å². The lowest BCUT2D eigenvalue weighted by Crippen LogP contribution is -1.92. The van der Waals surface area contributed by atoms with E-state index in [-0.39, 0.29) is 0 Å². The van der Waals surface area contributed by atoms with Crippen LogP contribution in [0.15, 0.2) is 42.5 Å². The van der Waals surface area contributed by atoms with Crippen LogP contribution in [-0.2, 0) is 0 Å². The zero-order valence-corrected chi connectivity index (χ0v) is 15.9. The largest absolute Gasteiger partial charge is 0.497 e. The summed E-state index contributed by atoms with van der Waals surface area (Å²) in [6, 6.07) is 14.9. The van der Waals surface area contributed by atoms with Crippen LogP contribution in [0.1, 0.15) is 11.1 Å². The third-order valence-corrected chi connectivity index (χ3v) is 4.42. The second kappa shape index (κ2) is 7.98. The fraction of sp³-hybridized carbons (Fsp3) is 0.143. The van der Waals surface area contributed by atoms with Gasteiger partial charge in [0.15, 0.2) is 11.5 Å². The number of methoxy groups -OCH3 is 3. The number of pyridine rings is 1. The summed E-state index contributed by atoms with van der Waals surface area (Å²) in [5.41, 5.74) is 2.52. The lowest BCUT2D eigenvalue weighted by Gasteiger charge is -2.09. The van der Waals surface area contributed by atoms with Gasteiger partial charge in [-0.3, -0.25) is 0 Å². The van der Waals surface area contributed by atoms with Crippen molar-refractivity contribution in [1.29, 1.82) is 5.26 Å². The van der Waals surface area contributed by atoms with E-state index in [0.29, 0.717) is 33.4 Å². The molecule has 5 nitrogen and oxygen atoms in total. The van der Waals surface area contributed by atoms with Crippen molar-refractivity contribution in [2.45, 2.75) is 0 Å². The first-order chi connectivity index (χ1) is 13.1. The quantitative estimate of drug-likeness (QED) is 0.461. The molecule has 0 saturated heterocycles. The number of allylic oxidation sites excluding steroid dienone is 1. The van der Waals surface area contributed by atoms with Crippen molar-refractivity contribution >= 4 is 34.2 Å². The van der Waals surface area contributed by atoms with Crippen LogP contribution in [0.4, 0.5) is 0 Å². The van der Waals surface area contributed by atoms with Crippen molar-refractivity contribution in [3.63, 3.8) is 0 Å². The second-order valence-electron chi connectivity index (χ2n) is 5.67. The summed E-state index contributed by atoms with van der Waals surface area (Å²) in [5.74, 6) is 1.86. The van der Waals surface area contributed by atoms with Crippen LogP contribution in [0.2, 0.25) is 5.15 Å². The first-order valence-corrected chi connectivity index (χ1v) is 8.46. The molecule has 0 fully saturated rings. The van der Waals surface area contributed by atoms with Gasteiger partial charge in [-0.1, -0.05) is 11.6 Å². The Balaban J connectivity index is 2.10. The summed E-state index contributed by atoms with van der Waals surface area (Å²) in [6.45, 7) is 0. The molecule has 27 heavy (non-hydrogen) atoms. The highest BCUT2D eigenvalue weighted by atomic mass is 35.5. The molecular weight excluding hydrogens is 364 g/mol. The third kappa shape index (κ3) is 3.81. The van der Waals surface area contributed by atoms with Gasteiger partial charge in [0.2, 0.25) is 0 Å². The SMILES string of the molecule is COc1ccc2nc(Cl)c(/C=C(\C#N)c3ccc(OC)c(OC)c3)cc2c1. The Bertz CT molecular complexity index is 1070. The topological polar surface area (TPSA) is 64.4 Å². The Kier molecular flexibility index (Phi) is 5.49. The minimum Gasteiger partial charge on any atom is -0.497 e. The van der Waals surface area contributed by atoms with Crippen LogP contribution >= 0.6 is 11.6 Å². The smallest absolute Gasteiger partial charge is 0.161 e. The standard InChI is InChI=1S/C21H17ClN2O3/c1-25-17-5-6-18-14(10-17)8-15(21(22)24-18)9-16(12-23)13-4-7-19(26-2)20(11-13)27-3/h4-11H,1-3H3/b16-9+. The third-order valence-electron chi connectivity index (χ3n) is 4.12. The first-order valence-electron chi connectivity index (χ1n) is 8.08. The summed E-state index contributed by atoms with van der Waals surface area (Å²) in [4.78, 5) is 4.40. The number of hydrogen-bond acceptors (Lipinski definition) is 5. The summed E-state index contributed by atoms with van der Waals surface area (Å²) < 4.78 is 15.8. The lowest BCUT2D eigenvalue weighted by atomic mass is 10.0. The maximum absolute atomic E-state index is 9.64. The molecule has 2 aromatic carbocycles. The number of benzene rings is 2. The molecule has 3 rings (SSSR count). The number of ether oxygens (including phenoxy) is 3. The minimum absolute atomic E-state index is 0.320. The van der Waals surface area contributed by atoms with Gasteiger partial charge >= 0.3 is 0 Å². The van der Waals surface area contributed by atoms with Gasteiger partial charge in [0.25, 0.3) is 0 Å². The van der Waals surface area contributed by atoms with Crippen molar-refractivity contribution in [3.8, 4) is 23.3 Å². The zero-order valence-electron chi connectivity index (χ0n) is 15.1. The summed E-state index contributed by atoms with van der Waals surface area (Å²) in [6.07, 6.45) is 1.70. The maximum Gasteiger partial charge on any atom is 0.161 e. The van der Waals surface area contributed by atoms with E-state index in [1.807, 2.05) is 24.3 Å². The van der Waals surface area contributed by atoms with Crippen molar-refractivity contribution in [1.82, 2.24) is 4.98 Å². The Morgan fingerprint density at radius 1 is 1.00 bits per heavy atom. The predicted octanol–water partition coefficient (Wildman–Crippen LogP) is 4.98. The Morgan fingerprint density at radius 2 is 1.78 bits per heavy atom. The highest BCUT2D eigenvalue weighted by Gasteiger charge is 2.10. The van der Waals surface area contributed by atoms with E-state index >= 15 is 0 Å². The maximum atomic E-state index is 9.64. The summed E-state index contributed by atoms with van der Waals surface area (Å²) in [7, 11) is 4.72. The minimum atomic E-state index is 0.320. The van der Waals surface area contributed by atoms with Crippen LogP contribution in [-0.4, -0.2) is 26.3 Å². The summed E-state index contributed by atoms with van der Waals surface area (Å²) in [5, 5.41) is 10.8. The van der Waals surface area contributed by atoms with E-state index in [2.05, 4.69) is 11.1 Å². The average Bonchev–Trinajstić information content (AvgIpc) is 2.71. The van der Waals surface area contributed by atoms with Gasteiger partial charge in [0.05, 0.1) is 38.5 Å². The number of hydrogen-bond donors (Lipinski definition) is 0. The Morgan fingerprint density at radius 3 is 2.44 bits per heavy atom. The summed E-state index contributed by atoms with van der Waals surface area (Å²) >= 11 is 6.33. The van der Waals surface area contributed by atoms with Crippen molar-refractivity contribution in [2.75, 3.05) is 21.3 Å². The zero-order chi connectivity index (χ0) is 19.4. The number of aromatic nitrogens is 1. The molecule has 0 radical (unpaired) electrons. The molecule has 0 amide bonds. The van der Waals surface area contributed by atoms with Crippen molar-refractivity contribution in [2.24, 2.45) is 0 Å². The number of nitriles is 1. The van der Waals surface area contributed by atoms with Crippen LogP contribution in [0.3, 0.4) is 0 Å². The Labute approximate surface area is 162 Å². The van der Waals surface area contributed by atoms with Crippen LogP contribution in [0, 0.1) is 11.3 Å². The number of halogens is 1. The molecule has 1 aromatic heterocycles.